The van der Waals surface area contributed by atoms with Gasteiger partial charge in [-0.05, 0) is 25.9 Å². The van der Waals surface area contributed by atoms with Crippen molar-refractivity contribution in [3.05, 3.63) is 0 Å². The predicted molar refractivity (Wildman–Crippen MR) is 48.2 cm³/mol. The van der Waals surface area contributed by atoms with Gasteiger partial charge < -0.3 is 16.4 Å². The Balaban J connectivity index is 2.79. The van der Waals surface area contributed by atoms with Gasteiger partial charge in [0.05, 0.1) is 0 Å². The van der Waals surface area contributed by atoms with E-state index in [9.17, 15) is 22.8 Å². The zero-order chi connectivity index (χ0) is 12.4. The monoisotopic (exact) mass is 239 g/mol. The van der Waals surface area contributed by atoms with Crippen molar-refractivity contribution < 1.29 is 22.8 Å². The van der Waals surface area contributed by atoms with Crippen LogP contribution >= 0.6 is 0 Å². The van der Waals surface area contributed by atoms with Gasteiger partial charge in [0.2, 0.25) is 5.91 Å². The van der Waals surface area contributed by atoms with Crippen LogP contribution in [0.5, 0.6) is 0 Å². The Morgan fingerprint density at radius 1 is 1.25 bits per heavy atom. The van der Waals surface area contributed by atoms with E-state index in [2.05, 4.69) is 5.32 Å². The zero-order valence-corrected chi connectivity index (χ0v) is 8.36. The topological polar surface area (TPSA) is 84.2 Å². The quantitative estimate of drug-likeness (QED) is 0.594. The third kappa shape index (κ3) is 2.63. The summed E-state index contributed by atoms with van der Waals surface area (Å²) in [7, 11) is 0. The molecule has 0 atom stereocenters. The number of amides is 2. The van der Waals surface area contributed by atoms with Gasteiger partial charge in [0.1, 0.15) is 5.54 Å². The lowest BCUT2D eigenvalue weighted by atomic mass is 9.87. The van der Waals surface area contributed by atoms with Crippen LogP contribution in [0.3, 0.4) is 0 Å². The van der Waals surface area contributed by atoms with Crippen molar-refractivity contribution in [1.29, 1.82) is 0 Å². The summed E-state index contributed by atoms with van der Waals surface area (Å²) in [6.45, 7) is 0.669. The van der Waals surface area contributed by atoms with Crippen LogP contribution in [-0.2, 0) is 9.59 Å². The van der Waals surface area contributed by atoms with E-state index in [1.165, 1.54) is 0 Å². The summed E-state index contributed by atoms with van der Waals surface area (Å²) in [5, 5.41) is 4.56. The van der Waals surface area contributed by atoms with Crippen LogP contribution in [-0.4, -0.2) is 36.6 Å². The van der Waals surface area contributed by atoms with Gasteiger partial charge in [-0.25, -0.2) is 0 Å². The summed E-state index contributed by atoms with van der Waals surface area (Å²) in [4.78, 5) is 21.9. The molecule has 92 valence electrons. The van der Waals surface area contributed by atoms with Crippen molar-refractivity contribution in [1.82, 2.24) is 10.6 Å². The number of hydrogen-bond donors (Lipinski definition) is 3. The molecule has 16 heavy (non-hydrogen) atoms. The number of rotatable bonds is 2. The minimum Gasteiger partial charge on any atom is -0.368 e. The van der Waals surface area contributed by atoms with Crippen molar-refractivity contribution >= 4 is 11.8 Å². The molecule has 0 bridgehead atoms. The van der Waals surface area contributed by atoms with Crippen molar-refractivity contribution in [3.63, 3.8) is 0 Å². The lowest BCUT2D eigenvalue weighted by molar-refractivity contribution is -0.176. The Hall–Kier alpha value is -1.31. The number of carbonyl (C=O) groups is 2. The number of nitrogens with two attached hydrogens (primary N) is 1. The molecule has 0 aromatic rings. The summed E-state index contributed by atoms with van der Waals surface area (Å²) < 4.78 is 36.2. The van der Waals surface area contributed by atoms with E-state index in [0.29, 0.717) is 13.1 Å². The summed E-state index contributed by atoms with van der Waals surface area (Å²) in [6, 6.07) is 0. The molecule has 1 aliphatic heterocycles. The molecule has 0 aromatic heterocycles. The summed E-state index contributed by atoms with van der Waals surface area (Å²) in [6.07, 6.45) is -4.89. The van der Waals surface area contributed by atoms with Crippen LogP contribution in [0.2, 0.25) is 0 Å². The average molecular weight is 239 g/mol. The lowest BCUT2D eigenvalue weighted by Crippen LogP contribution is -2.63. The molecule has 1 aliphatic rings. The molecule has 0 aliphatic carbocycles. The molecule has 1 heterocycles. The fourth-order valence-corrected chi connectivity index (χ4v) is 1.57. The number of alkyl halides is 3. The molecule has 1 saturated heterocycles. The normalized spacial score (nSPS) is 20.2. The number of hydrogen-bond acceptors (Lipinski definition) is 3. The first-order valence-corrected chi connectivity index (χ1v) is 4.68. The van der Waals surface area contributed by atoms with Gasteiger partial charge in [0, 0.05) is 0 Å². The minimum absolute atomic E-state index is 0.0597. The lowest BCUT2D eigenvalue weighted by Gasteiger charge is -2.35. The van der Waals surface area contributed by atoms with Gasteiger partial charge in [-0.1, -0.05) is 0 Å². The highest BCUT2D eigenvalue weighted by Crippen LogP contribution is 2.22. The summed E-state index contributed by atoms with van der Waals surface area (Å²) in [5.74, 6) is -3.07. The maximum Gasteiger partial charge on any atom is 0.471 e. The number of carbonyl (C=O) groups excluding carboxylic acids is 2. The highest BCUT2D eigenvalue weighted by molar-refractivity contribution is 5.92. The standard InChI is InChI=1S/C8H12F3N3O2/c9-8(10,11)6(16)14-7(5(12)15)1-3-13-4-2-7/h13H,1-4H2,(H2,12,15)(H,14,16). The molecule has 1 fully saturated rings. The van der Waals surface area contributed by atoms with E-state index >= 15 is 0 Å². The third-order valence-corrected chi connectivity index (χ3v) is 2.54. The Morgan fingerprint density at radius 3 is 2.12 bits per heavy atom. The maximum atomic E-state index is 12.1. The number of halogens is 3. The largest absolute Gasteiger partial charge is 0.471 e. The van der Waals surface area contributed by atoms with Crippen LogP contribution < -0.4 is 16.4 Å². The molecule has 4 N–H and O–H groups in total. The second-order valence-electron chi connectivity index (χ2n) is 3.65. The molecule has 0 saturated carbocycles. The van der Waals surface area contributed by atoms with Crippen molar-refractivity contribution in [3.8, 4) is 0 Å². The van der Waals surface area contributed by atoms with Gasteiger partial charge in [-0.3, -0.25) is 9.59 Å². The zero-order valence-electron chi connectivity index (χ0n) is 8.36. The SMILES string of the molecule is NC(=O)C1(NC(=O)C(F)(F)F)CCNCC1. The molecule has 0 radical (unpaired) electrons. The molecular weight excluding hydrogens is 227 g/mol. The Morgan fingerprint density at radius 2 is 1.75 bits per heavy atom. The van der Waals surface area contributed by atoms with Gasteiger partial charge in [0.15, 0.2) is 0 Å². The second kappa shape index (κ2) is 4.28. The Labute approximate surface area is 89.5 Å². The second-order valence-corrected chi connectivity index (χ2v) is 3.65. The average Bonchev–Trinajstić information content (AvgIpc) is 2.17. The van der Waals surface area contributed by atoms with Crippen LogP contribution in [0.4, 0.5) is 13.2 Å². The van der Waals surface area contributed by atoms with Crippen LogP contribution in [0.15, 0.2) is 0 Å². The Kier molecular flexibility index (Phi) is 3.41. The number of nitrogens with one attached hydrogen (secondary N) is 2. The van der Waals surface area contributed by atoms with E-state index in [-0.39, 0.29) is 12.8 Å². The first kappa shape index (κ1) is 12.8. The molecule has 0 unspecified atom stereocenters. The highest BCUT2D eigenvalue weighted by atomic mass is 19.4. The van der Waals surface area contributed by atoms with E-state index in [1.807, 2.05) is 0 Å². The first-order valence-electron chi connectivity index (χ1n) is 4.68. The highest BCUT2D eigenvalue weighted by Gasteiger charge is 2.47. The predicted octanol–water partition coefficient (Wildman–Crippen LogP) is -0.728. The van der Waals surface area contributed by atoms with Gasteiger partial charge in [0.25, 0.3) is 0 Å². The smallest absolute Gasteiger partial charge is 0.368 e. The molecule has 2 amide bonds. The molecular formula is C8H12F3N3O2. The van der Waals surface area contributed by atoms with Crippen LogP contribution in [0.1, 0.15) is 12.8 Å². The Bertz CT molecular complexity index is 297. The van der Waals surface area contributed by atoms with Crippen molar-refractivity contribution in [2.24, 2.45) is 5.73 Å². The van der Waals surface area contributed by atoms with Crippen molar-refractivity contribution in [2.75, 3.05) is 13.1 Å². The molecule has 1 rings (SSSR count). The van der Waals surface area contributed by atoms with Crippen LogP contribution in [0, 0.1) is 0 Å². The van der Waals surface area contributed by atoms with Gasteiger partial charge in [-0.2, -0.15) is 13.2 Å². The summed E-state index contributed by atoms with van der Waals surface area (Å²) >= 11 is 0. The minimum atomic E-state index is -5.01. The number of primary amides is 1. The van der Waals surface area contributed by atoms with E-state index < -0.39 is 23.5 Å². The molecule has 8 heteroatoms. The van der Waals surface area contributed by atoms with Gasteiger partial charge >= 0.3 is 12.1 Å². The first-order chi connectivity index (χ1) is 7.28. The van der Waals surface area contributed by atoms with E-state index in [1.54, 1.807) is 5.32 Å². The third-order valence-electron chi connectivity index (χ3n) is 2.54. The fourth-order valence-electron chi connectivity index (χ4n) is 1.57. The molecule has 5 nitrogen and oxygen atoms in total. The van der Waals surface area contributed by atoms with Gasteiger partial charge in [-0.15, -0.1) is 0 Å². The van der Waals surface area contributed by atoms with Crippen molar-refractivity contribution in [2.45, 2.75) is 24.6 Å². The molecule has 0 spiro atoms. The van der Waals surface area contributed by atoms with E-state index in [4.69, 9.17) is 5.73 Å². The van der Waals surface area contributed by atoms with Crippen LogP contribution in [0.25, 0.3) is 0 Å². The number of piperidine rings is 1. The maximum absolute atomic E-state index is 12.1. The fraction of sp³-hybridized carbons (Fsp3) is 0.750. The van der Waals surface area contributed by atoms with E-state index in [0.717, 1.165) is 0 Å². The molecule has 0 aromatic carbocycles. The summed E-state index contributed by atoms with van der Waals surface area (Å²) in [5.41, 5.74) is 3.46.